The predicted molar refractivity (Wildman–Crippen MR) is 92.0 cm³/mol. The average Bonchev–Trinajstić information content (AvgIpc) is 2.49. The molecule has 0 radical (unpaired) electrons. The Labute approximate surface area is 147 Å². The molecule has 0 unspecified atom stereocenters. The number of benzene rings is 1. The van der Waals surface area contributed by atoms with Crippen molar-refractivity contribution in [1.29, 1.82) is 0 Å². The van der Waals surface area contributed by atoms with Gasteiger partial charge >= 0.3 is 12.2 Å². The zero-order chi connectivity index (χ0) is 18.5. The van der Waals surface area contributed by atoms with Crippen LogP contribution in [0.5, 0.6) is 0 Å². The minimum Gasteiger partial charge on any atom is -0.445 e. The molecule has 0 atom stereocenters. The van der Waals surface area contributed by atoms with Gasteiger partial charge in [-0.3, -0.25) is 0 Å². The number of hydrogen-bond donors (Lipinski definition) is 2. The molecule has 7 heteroatoms. The molecule has 0 saturated carbocycles. The van der Waals surface area contributed by atoms with Crippen LogP contribution in [0, 0.1) is 0 Å². The van der Waals surface area contributed by atoms with Gasteiger partial charge in [-0.2, -0.15) is 0 Å². The molecule has 0 aliphatic carbocycles. The van der Waals surface area contributed by atoms with E-state index >= 15 is 0 Å². The van der Waals surface area contributed by atoms with E-state index in [1.54, 1.807) is 20.8 Å². The smallest absolute Gasteiger partial charge is 0.410 e. The fourth-order valence-electron chi connectivity index (χ4n) is 2.45. The maximum Gasteiger partial charge on any atom is 0.410 e. The second-order valence-electron chi connectivity index (χ2n) is 7.30. The molecule has 138 valence electrons. The quantitative estimate of drug-likeness (QED) is 0.851. The lowest BCUT2D eigenvalue weighted by molar-refractivity contribution is -0.101. The van der Waals surface area contributed by atoms with E-state index < -0.39 is 23.4 Å². The topological polar surface area (TPSA) is 88.1 Å². The largest absolute Gasteiger partial charge is 0.445 e. The van der Waals surface area contributed by atoms with E-state index in [1.165, 1.54) is 4.90 Å². The molecule has 1 aliphatic heterocycles. The van der Waals surface area contributed by atoms with Crippen LogP contribution in [0.3, 0.4) is 0 Å². The van der Waals surface area contributed by atoms with Crippen molar-refractivity contribution in [2.24, 2.45) is 0 Å². The van der Waals surface area contributed by atoms with Gasteiger partial charge < -0.3 is 24.8 Å². The summed E-state index contributed by atoms with van der Waals surface area (Å²) in [6, 6.07) is 9.38. The number of amides is 2. The average molecular weight is 350 g/mol. The molecule has 1 aliphatic rings. The number of aliphatic hydroxyl groups is 1. The maximum atomic E-state index is 11.8. The Hall–Kier alpha value is -2.28. The van der Waals surface area contributed by atoms with Gasteiger partial charge in [0.1, 0.15) is 17.8 Å². The molecule has 2 amide bonds. The van der Waals surface area contributed by atoms with Crippen molar-refractivity contribution in [3.8, 4) is 0 Å². The Kier molecular flexibility index (Phi) is 5.89. The van der Waals surface area contributed by atoms with Gasteiger partial charge in [0, 0.05) is 6.54 Å². The summed E-state index contributed by atoms with van der Waals surface area (Å²) in [5.41, 5.74) is -0.651. The summed E-state index contributed by atoms with van der Waals surface area (Å²) in [7, 11) is 0. The molecule has 1 fully saturated rings. The Morgan fingerprint density at radius 3 is 2.48 bits per heavy atom. The van der Waals surface area contributed by atoms with Crippen LogP contribution in [0.1, 0.15) is 32.8 Å². The fraction of sp³-hybridized carbons (Fsp3) is 0.556. The first-order valence-electron chi connectivity index (χ1n) is 8.32. The molecule has 2 N–H and O–H groups in total. The van der Waals surface area contributed by atoms with Crippen molar-refractivity contribution in [3.63, 3.8) is 0 Å². The summed E-state index contributed by atoms with van der Waals surface area (Å²) in [6.07, 6.45) is -0.629. The van der Waals surface area contributed by atoms with Crippen molar-refractivity contribution < 1.29 is 24.2 Å². The molecule has 7 nitrogen and oxygen atoms in total. The SMILES string of the molecule is CC(C)(C)OC(=O)N1CC(O)(CCNC(=O)OCc2ccccc2)C1. The highest BCUT2D eigenvalue weighted by Crippen LogP contribution is 2.26. The molecule has 0 bridgehead atoms. The van der Waals surface area contributed by atoms with Crippen molar-refractivity contribution in [1.82, 2.24) is 10.2 Å². The highest BCUT2D eigenvalue weighted by Gasteiger charge is 2.44. The van der Waals surface area contributed by atoms with Gasteiger partial charge in [-0.25, -0.2) is 9.59 Å². The third-order valence-corrected chi connectivity index (χ3v) is 3.69. The Balaban J connectivity index is 1.62. The lowest BCUT2D eigenvalue weighted by atomic mass is 9.91. The predicted octanol–water partition coefficient (Wildman–Crippen LogP) is 2.28. The number of carbonyl (C=O) groups is 2. The highest BCUT2D eigenvalue weighted by atomic mass is 16.6. The molecule has 2 rings (SSSR count). The number of hydrogen-bond acceptors (Lipinski definition) is 5. The molecule has 1 aromatic rings. The summed E-state index contributed by atoms with van der Waals surface area (Å²) >= 11 is 0. The first kappa shape index (κ1) is 19.1. The van der Waals surface area contributed by atoms with E-state index in [4.69, 9.17) is 9.47 Å². The first-order chi connectivity index (χ1) is 11.7. The van der Waals surface area contributed by atoms with Gasteiger partial charge in [-0.05, 0) is 32.8 Å². The van der Waals surface area contributed by atoms with E-state index in [2.05, 4.69) is 5.32 Å². The van der Waals surface area contributed by atoms with Gasteiger partial charge in [0.2, 0.25) is 0 Å². The van der Waals surface area contributed by atoms with Crippen molar-refractivity contribution in [2.45, 2.75) is 45.0 Å². The third-order valence-electron chi connectivity index (χ3n) is 3.69. The number of nitrogens with zero attached hydrogens (tertiary/aromatic N) is 1. The number of nitrogens with one attached hydrogen (secondary N) is 1. The van der Waals surface area contributed by atoms with Crippen LogP contribution in [0.25, 0.3) is 0 Å². The van der Waals surface area contributed by atoms with Crippen LogP contribution in [-0.2, 0) is 16.1 Å². The van der Waals surface area contributed by atoms with Crippen LogP contribution in [-0.4, -0.2) is 53.0 Å². The van der Waals surface area contributed by atoms with Gasteiger partial charge in [0.25, 0.3) is 0 Å². The molecule has 1 heterocycles. The summed E-state index contributed by atoms with van der Waals surface area (Å²) in [5, 5.41) is 12.9. The van der Waals surface area contributed by atoms with Gasteiger partial charge in [-0.15, -0.1) is 0 Å². The second kappa shape index (κ2) is 7.74. The molecular weight excluding hydrogens is 324 g/mol. The molecule has 0 spiro atoms. The minimum atomic E-state index is -0.996. The van der Waals surface area contributed by atoms with Crippen molar-refractivity contribution in [3.05, 3.63) is 35.9 Å². The molecule has 1 saturated heterocycles. The first-order valence-corrected chi connectivity index (χ1v) is 8.32. The summed E-state index contributed by atoms with van der Waals surface area (Å²) < 4.78 is 10.3. The number of alkyl carbamates (subject to hydrolysis) is 1. The van der Waals surface area contributed by atoms with Crippen LogP contribution in [0.2, 0.25) is 0 Å². The van der Waals surface area contributed by atoms with Crippen molar-refractivity contribution >= 4 is 12.2 Å². The maximum absolute atomic E-state index is 11.8. The Bertz CT molecular complexity index is 591. The molecule has 0 aromatic heterocycles. The number of ether oxygens (including phenoxy) is 2. The zero-order valence-electron chi connectivity index (χ0n) is 14.9. The number of β-amino-alcohol motifs (C(OH)–C–C–N with tert-alkyl or cyclic N) is 1. The lowest BCUT2D eigenvalue weighted by Gasteiger charge is -2.46. The van der Waals surface area contributed by atoms with Crippen molar-refractivity contribution in [2.75, 3.05) is 19.6 Å². The van der Waals surface area contributed by atoms with E-state index in [9.17, 15) is 14.7 Å². The Morgan fingerprint density at radius 1 is 1.24 bits per heavy atom. The fourth-order valence-corrected chi connectivity index (χ4v) is 2.45. The molecule has 1 aromatic carbocycles. The standard InChI is InChI=1S/C18H26N2O5/c1-17(2,3)25-16(22)20-12-18(23,13-20)9-10-19-15(21)24-11-14-7-5-4-6-8-14/h4-8,23H,9-13H2,1-3H3,(H,19,21). The number of likely N-dealkylation sites (tertiary alicyclic amines) is 1. The van der Waals surface area contributed by atoms with Crippen LogP contribution in [0.4, 0.5) is 9.59 Å². The molecular formula is C18H26N2O5. The number of rotatable bonds is 5. The van der Waals surface area contributed by atoms with Crippen LogP contribution in [0.15, 0.2) is 30.3 Å². The van der Waals surface area contributed by atoms with E-state index in [-0.39, 0.29) is 26.2 Å². The van der Waals surface area contributed by atoms with E-state index in [0.29, 0.717) is 6.42 Å². The second-order valence-corrected chi connectivity index (χ2v) is 7.30. The van der Waals surface area contributed by atoms with E-state index in [1.807, 2.05) is 30.3 Å². The normalized spacial score (nSPS) is 15.9. The molecule has 25 heavy (non-hydrogen) atoms. The van der Waals surface area contributed by atoms with Gasteiger partial charge in [0.05, 0.1) is 13.1 Å². The summed E-state index contributed by atoms with van der Waals surface area (Å²) in [6.45, 7) is 6.24. The lowest BCUT2D eigenvalue weighted by Crippen LogP contribution is -2.64. The van der Waals surface area contributed by atoms with Crippen LogP contribution < -0.4 is 5.32 Å². The Morgan fingerprint density at radius 2 is 1.88 bits per heavy atom. The number of carbonyl (C=O) groups excluding carboxylic acids is 2. The zero-order valence-corrected chi connectivity index (χ0v) is 14.9. The third kappa shape index (κ3) is 6.26. The monoisotopic (exact) mass is 350 g/mol. The highest BCUT2D eigenvalue weighted by molar-refractivity contribution is 5.69. The van der Waals surface area contributed by atoms with Gasteiger partial charge in [0.15, 0.2) is 0 Å². The van der Waals surface area contributed by atoms with Crippen LogP contribution >= 0.6 is 0 Å². The summed E-state index contributed by atoms with van der Waals surface area (Å²) in [4.78, 5) is 24.9. The minimum absolute atomic E-state index is 0.197. The van der Waals surface area contributed by atoms with Gasteiger partial charge in [-0.1, -0.05) is 30.3 Å². The summed E-state index contributed by atoms with van der Waals surface area (Å²) in [5.74, 6) is 0. The van der Waals surface area contributed by atoms with E-state index in [0.717, 1.165) is 5.56 Å².